The van der Waals surface area contributed by atoms with Crippen LogP contribution in [0.15, 0.2) is 53.3 Å². The molecule has 0 radical (unpaired) electrons. The van der Waals surface area contributed by atoms with Crippen molar-refractivity contribution in [2.75, 3.05) is 0 Å². The van der Waals surface area contributed by atoms with E-state index in [-0.39, 0.29) is 12.1 Å². The number of nitrogens with zero attached hydrogens (tertiary/aromatic N) is 2. The SMILES string of the molecule is O=C(O)Cn1c(=O)c(Cc2ccc(C(F)(F)F)cc2)nc2ccccc21. The van der Waals surface area contributed by atoms with Crippen molar-refractivity contribution in [2.24, 2.45) is 0 Å². The summed E-state index contributed by atoms with van der Waals surface area (Å²) in [5.41, 5.74) is 0.0119. The van der Waals surface area contributed by atoms with Crippen molar-refractivity contribution in [3.05, 3.63) is 75.7 Å². The Labute approximate surface area is 145 Å². The van der Waals surface area contributed by atoms with Crippen molar-refractivity contribution in [3.8, 4) is 0 Å². The predicted molar refractivity (Wildman–Crippen MR) is 87.9 cm³/mol. The van der Waals surface area contributed by atoms with Crippen LogP contribution in [0.3, 0.4) is 0 Å². The van der Waals surface area contributed by atoms with Gasteiger partial charge in [0.05, 0.1) is 16.6 Å². The van der Waals surface area contributed by atoms with E-state index in [1.54, 1.807) is 24.3 Å². The third-order valence-electron chi connectivity index (χ3n) is 3.87. The quantitative estimate of drug-likeness (QED) is 0.774. The minimum atomic E-state index is -4.44. The van der Waals surface area contributed by atoms with Gasteiger partial charge in [0.15, 0.2) is 0 Å². The number of carbonyl (C=O) groups is 1. The lowest BCUT2D eigenvalue weighted by molar-refractivity contribution is -0.138. The highest BCUT2D eigenvalue weighted by Gasteiger charge is 2.30. The number of hydrogen-bond acceptors (Lipinski definition) is 3. The molecule has 0 spiro atoms. The summed E-state index contributed by atoms with van der Waals surface area (Å²) in [5.74, 6) is -1.18. The molecule has 0 bridgehead atoms. The Bertz CT molecular complexity index is 1020. The number of fused-ring (bicyclic) bond motifs is 1. The molecule has 3 rings (SSSR count). The average Bonchev–Trinajstić information content (AvgIpc) is 2.58. The van der Waals surface area contributed by atoms with Crippen LogP contribution in [0.25, 0.3) is 11.0 Å². The summed E-state index contributed by atoms with van der Waals surface area (Å²) in [6.45, 7) is -0.526. The van der Waals surface area contributed by atoms with Gasteiger partial charge in [0.2, 0.25) is 0 Å². The Kier molecular flexibility index (Phi) is 4.50. The minimum Gasteiger partial charge on any atom is -0.480 e. The Morgan fingerprint density at radius 2 is 1.73 bits per heavy atom. The van der Waals surface area contributed by atoms with Gasteiger partial charge in [0.25, 0.3) is 5.56 Å². The molecule has 0 aliphatic carbocycles. The van der Waals surface area contributed by atoms with Gasteiger partial charge in [-0.15, -0.1) is 0 Å². The summed E-state index contributed by atoms with van der Waals surface area (Å²) < 4.78 is 39.0. The van der Waals surface area contributed by atoms with E-state index in [2.05, 4.69) is 4.98 Å². The molecule has 1 heterocycles. The van der Waals surface area contributed by atoms with Crippen LogP contribution in [-0.2, 0) is 23.9 Å². The standard InChI is InChI=1S/C18H13F3N2O3/c19-18(20,21)12-7-5-11(6-8-12)9-14-17(26)23(10-16(24)25)15-4-2-1-3-13(15)22-14/h1-8H,9-10H2,(H,24,25). The van der Waals surface area contributed by atoms with Crippen molar-refractivity contribution in [2.45, 2.75) is 19.1 Å². The molecule has 0 saturated heterocycles. The lowest BCUT2D eigenvalue weighted by atomic mass is 10.1. The van der Waals surface area contributed by atoms with Crippen LogP contribution in [-0.4, -0.2) is 20.6 Å². The molecule has 134 valence electrons. The zero-order valence-electron chi connectivity index (χ0n) is 13.3. The molecule has 0 saturated carbocycles. The molecule has 8 heteroatoms. The second kappa shape index (κ2) is 6.62. The molecule has 5 nitrogen and oxygen atoms in total. The van der Waals surface area contributed by atoms with E-state index >= 15 is 0 Å². The van der Waals surface area contributed by atoms with Crippen LogP contribution < -0.4 is 5.56 Å². The third-order valence-corrected chi connectivity index (χ3v) is 3.87. The van der Waals surface area contributed by atoms with Crippen molar-refractivity contribution in [1.29, 1.82) is 0 Å². The number of para-hydroxylation sites is 2. The molecule has 0 aliphatic rings. The highest BCUT2D eigenvalue weighted by Crippen LogP contribution is 2.29. The molecule has 1 aromatic heterocycles. The fourth-order valence-electron chi connectivity index (χ4n) is 2.66. The van der Waals surface area contributed by atoms with Gasteiger partial charge in [-0.3, -0.25) is 14.2 Å². The normalized spacial score (nSPS) is 11.7. The Balaban J connectivity index is 2.04. The fraction of sp³-hybridized carbons (Fsp3) is 0.167. The molecule has 1 N–H and O–H groups in total. The number of carboxylic acid groups (broad SMARTS) is 1. The smallest absolute Gasteiger partial charge is 0.416 e. The van der Waals surface area contributed by atoms with Crippen LogP contribution in [0.5, 0.6) is 0 Å². The van der Waals surface area contributed by atoms with Crippen LogP contribution in [0, 0.1) is 0 Å². The van der Waals surface area contributed by atoms with E-state index in [4.69, 9.17) is 5.11 Å². The molecule has 0 fully saturated rings. The molecule has 0 unspecified atom stereocenters. The number of alkyl halides is 3. The van der Waals surface area contributed by atoms with Crippen molar-refractivity contribution in [1.82, 2.24) is 9.55 Å². The maximum absolute atomic E-state index is 12.6. The van der Waals surface area contributed by atoms with Gasteiger partial charge >= 0.3 is 12.1 Å². The topological polar surface area (TPSA) is 72.2 Å². The summed E-state index contributed by atoms with van der Waals surface area (Å²) in [6, 6.07) is 11.0. The maximum atomic E-state index is 12.6. The second-order valence-corrected chi connectivity index (χ2v) is 5.70. The number of aromatic nitrogens is 2. The summed E-state index contributed by atoms with van der Waals surface area (Å²) in [7, 11) is 0. The molecule has 3 aromatic rings. The highest BCUT2D eigenvalue weighted by molar-refractivity contribution is 5.77. The van der Waals surface area contributed by atoms with E-state index in [9.17, 15) is 22.8 Å². The van der Waals surface area contributed by atoms with E-state index in [0.29, 0.717) is 16.6 Å². The number of carboxylic acids is 1. The number of aliphatic carboxylic acids is 1. The molecular weight excluding hydrogens is 349 g/mol. The van der Waals surface area contributed by atoms with Crippen molar-refractivity contribution in [3.63, 3.8) is 0 Å². The molecule has 0 amide bonds. The zero-order chi connectivity index (χ0) is 18.9. The Hall–Kier alpha value is -3.16. The van der Waals surface area contributed by atoms with E-state index < -0.39 is 29.8 Å². The average molecular weight is 362 g/mol. The molecular formula is C18H13F3N2O3. The zero-order valence-corrected chi connectivity index (χ0v) is 13.3. The van der Waals surface area contributed by atoms with Gasteiger partial charge < -0.3 is 5.11 Å². The largest absolute Gasteiger partial charge is 0.480 e. The second-order valence-electron chi connectivity index (χ2n) is 5.70. The molecule has 26 heavy (non-hydrogen) atoms. The minimum absolute atomic E-state index is 0.00141. The van der Waals surface area contributed by atoms with Crippen molar-refractivity contribution < 1.29 is 23.1 Å². The van der Waals surface area contributed by atoms with Gasteiger partial charge in [-0.1, -0.05) is 24.3 Å². The highest BCUT2D eigenvalue weighted by atomic mass is 19.4. The first-order chi connectivity index (χ1) is 12.3. The maximum Gasteiger partial charge on any atom is 0.416 e. The summed E-state index contributed by atoms with van der Waals surface area (Å²) in [5, 5.41) is 9.05. The van der Waals surface area contributed by atoms with Crippen LogP contribution in [0.2, 0.25) is 0 Å². The first kappa shape index (κ1) is 17.7. The van der Waals surface area contributed by atoms with Gasteiger partial charge in [-0.05, 0) is 29.8 Å². The van der Waals surface area contributed by atoms with Crippen LogP contribution in [0.1, 0.15) is 16.8 Å². The number of benzene rings is 2. The number of rotatable bonds is 4. The lowest BCUT2D eigenvalue weighted by Gasteiger charge is -2.11. The molecule has 0 atom stereocenters. The molecule has 2 aromatic carbocycles. The lowest BCUT2D eigenvalue weighted by Crippen LogP contribution is -2.28. The number of hydrogen-bond donors (Lipinski definition) is 1. The van der Waals surface area contributed by atoms with E-state index in [1.165, 1.54) is 12.1 Å². The molecule has 0 aliphatic heterocycles. The van der Waals surface area contributed by atoms with Gasteiger partial charge in [0.1, 0.15) is 12.2 Å². The monoisotopic (exact) mass is 362 g/mol. The van der Waals surface area contributed by atoms with Gasteiger partial charge in [0, 0.05) is 6.42 Å². The summed E-state index contributed by atoms with van der Waals surface area (Å²) in [6.07, 6.45) is -4.44. The van der Waals surface area contributed by atoms with Crippen molar-refractivity contribution >= 4 is 17.0 Å². The van der Waals surface area contributed by atoms with E-state index in [0.717, 1.165) is 16.7 Å². The Morgan fingerprint density at radius 1 is 1.08 bits per heavy atom. The summed E-state index contributed by atoms with van der Waals surface area (Å²) in [4.78, 5) is 27.9. The fourth-order valence-corrected chi connectivity index (χ4v) is 2.66. The van der Waals surface area contributed by atoms with E-state index in [1.807, 2.05) is 0 Å². The predicted octanol–water partition coefficient (Wildman–Crippen LogP) is 3.09. The Morgan fingerprint density at radius 3 is 2.35 bits per heavy atom. The van der Waals surface area contributed by atoms with Gasteiger partial charge in [-0.2, -0.15) is 13.2 Å². The van der Waals surface area contributed by atoms with Gasteiger partial charge in [-0.25, -0.2) is 4.98 Å². The number of halogens is 3. The third kappa shape index (κ3) is 3.58. The first-order valence-corrected chi connectivity index (χ1v) is 7.62. The summed E-state index contributed by atoms with van der Waals surface area (Å²) >= 11 is 0. The van der Waals surface area contributed by atoms with Crippen LogP contribution >= 0.6 is 0 Å². The first-order valence-electron chi connectivity index (χ1n) is 7.62. The van der Waals surface area contributed by atoms with Crippen LogP contribution in [0.4, 0.5) is 13.2 Å².